The molecular weight excluding hydrogens is 264 g/mol. The Morgan fingerprint density at radius 1 is 1.24 bits per heavy atom. The van der Waals surface area contributed by atoms with Crippen molar-refractivity contribution in [2.45, 2.75) is 20.4 Å². The standard InChI is InChI=1S/C15H18N6/c1-3-20(10-12-6-4-5-7-13(12)16)14-15-19-18-11(2)21(15)9-8-17-14/h4-9H,3,10,16H2,1-2H3. The number of nitrogen functional groups attached to an aromatic ring is 1. The van der Waals surface area contributed by atoms with Crippen LogP contribution in [-0.4, -0.2) is 26.1 Å². The Morgan fingerprint density at radius 3 is 2.81 bits per heavy atom. The van der Waals surface area contributed by atoms with Gasteiger partial charge in [0, 0.05) is 31.2 Å². The van der Waals surface area contributed by atoms with E-state index < -0.39 is 0 Å². The average Bonchev–Trinajstić information content (AvgIpc) is 2.88. The van der Waals surface area contributed by atoms with Gasteiger partial charge in [0.15, 0.2) is 5.82 Å². The zero-order valence-corrected chi connectivity index (χ0v) is 12.2. The molecule has 0 aliphatic heterocycles. The van der Waals surface area contributed by atoms with Crippen LogP contribution in [0.25, 0.3) is 5.65 Å². The van der Waals surface area contributed by atoms with Crippen LogP contribution in [0.1, 0.15) is 18.3 Å². The van der Waals surface area contributed by atoms with Crippen LogP contribution < -0.4 is 10.6 Å². The molecule has 3 aromatic rings. The van der Waals surface area contributed by atoms with E-state index in [0.29, 0.717) is 6.54 Å². The summed E-state index contributed by atoms with van der Waals surface area (Å²) in [5, 5.41) is 8.35. The van der Waals surface area contributed by atoms with Crippen LogP contribution >= 0.6 is 0 Å². The molecule has 1 aromatic carbocycles. The number of aryl methyl sites for hydroxylation is 1. The number of fused-ring (bicyclic) bond motifs is 1. The third kappa shape index (κ3) is 2.40. The number of hydrogen-bond donors (Lipinski definition) is 1. The molecule has 0 bridgehead atoms. The zero-order chi connectivity index (χ0) is 14.8. The van der Waals surface area contributed by atoms with Crippen LogP contribution in [0.2, 0.25) is 0 Å². The van der Waals surface area contributed by atoms with Crippen molar-refractivity contribution in [3.05, 3.63) is 48.0 Å². The number of rotatable bonds is 4. The maximum Gasteiger partial charge on any atom is 0.203 e. The second-order valence-electron chi connectivity index (χ2n) is 4.90. The van der Waals surface area contributed by atoms with Crippen molar-refractivity contribution in [1.82, 2.24) is 19.6 Å². The fourth-order valence-corrected chi connectivity index (χ4v) is 2.37. The maximum absolute atomic E-state index is 6.04. The van der Waals surface area contributed by atoms with E-state index in [1.54, 1.807) is 6.20 Å². The van der Waals surface area contributed by atoms with Gasteiger partial charge in [-0.2, -0.15) is 0 Å². The number of anilines is 2. The smallest absolute Gasteiger partial charge is 0.203 e. The Labute approximate surface area is 123 Å². The molecule has 0 radical (unpaired) electrons. The molecule has 0 aliphatic rings. The lowest BCUT2D eigenvalue weighted by molar-refractivity contribution is 0.812. The molecule has 21 heavy (non-hydrogen) atoms. The van der Waals surface area contributed by atoms with E-state index in [2.05, 4.69) is 27.0 Å². The summed E-state index contributed by atoms with van der Waals surface area (Å²) in [5.41, 5.74) is 8.68. The molecule has 108 valence electrons. The van der Waals surface area contributed by atoms with E-state index in [4.69, 9.17) is 5.73 Å². The minimum Gasteiger partial charge on any atom is -0.398 e. The number of nitrogens with two attached hydrogens (primary N) is 1. The first-order valence-electron chi connectivity index (χ1n) is 6.95. The second-order valence-corrected chi connectivity index (χ2v) is 4.90. The van der Waals surface area contributed by atoms with Crippen molar-refractivity contribution < 1.29 is 0 Å². The lowest BCUT2D eigenvalue weighted by Crippen LogP contribution is -2.24. The van der Waals surface area contributed by atoms with E-state index in [1.165, 1.54) is 0 Å². The van der Waals surface area contributed by atoms with E-state index in [1.807, 2.05) is 41.8 Å². The van der Waals surface area contributed by atoms with Gasteiger partial charge in [0.25, 0.3) is 0 Å². The van der Waals surface area contributed by atoms with Gasteiger partial charge in [-0.15, -0.1) is 10.2 Å². The van der Waals surface area contributed by atoms with Gasteiger partial charge >= 0.3 is 0 Å². The van der Waals surface area contributed by atoms with Crippen LogP contribution in [0.15, 0.2) is 36.7 Å². The summed E-state index contributed by atoms with van der Waals surface area (Å²) in [6.45, 7) is 5.53. The highest BCUT2D eigenvalue weighted by Gasteiger charge is 2.15. The molecule has 2 N–H and O–H groups in total. The number of benzene rings is 1. The van der Waals surface area contributed by atoms with Gasteiger partial charge in [0.05, 0.1) is 0 Å². The largest absolute Gasteiger partial charge is 0.398 e. The van der Waals surface area contributed by atoms with E-state index >= 15 is 0 Å². The van der Waals surface area contributed by atoms with Crippen molar-refractivity contribution in [2.75, 3.05) is 17.2 Å². The van der Waals surface area contributed by atoms with Crippen LogP contribution in [0.3, 0.4) is 0 Å². The Morgan fingerprint density at radius 2 is 2.05 bits per heavy atom. The van der Waals surface area contributed by atoms with Crippen molar-refractivity contribution >= 4 is 17.2 Å². The summed E-state index contributed by atoms with van der Waals surface area (Å²) in [6.07, 6.45) is 3.65. The summed E-state index contributed by atoms with van der Waals surface area (Å²) in [6, 6.07) is 7.89. The Bertz CT molecular complexity index is 764. The highest BCUT2D eigenvalue weighted by atomic mass is 15.3. The topological polar surface area (TPSA) is 72.3 Å². The summed E-state index contributed by atoms with van der Waals surface area (Å²) >= 11 is 0. The molecule has 0 fully saturated rings. The quantitative estimate of drug-likeness (QED) is 0.741. The Hall–Kier alpha value is -2.63. The molecule has 0 spiro atoms. The molecule has 0 aliphatic carbocycles. The van der Waals surface area contributed by atoms with Crippen LogP contribution in [-0.2, 0) is 6.54 Å². The SMILES string of the molecule is CCN(Cc1ccccc1N)c1nccn2c(C)nnc12. The van der Waals surface area contributed by atoms with E-state index in [9.17, 15) is 0 Å². The maximum atomic E-state index is 6.04. The molecule has 6 nitrogen and oxygen atoms in total. The molecular formula is C15H18N6. The van der Waals surface area contributed by atoms with Gasteiger partial charge in [0.1, 0.15) is 5.82 Å². The average molecular weight is 282 g/mol. The zero-order valence-electron chi connectivity index (χ0n) is 12.2. The second kappa shape index (κ2) is 5.40. The van der Waals surface area contributed by atoms with Gasteiger partial charge < -0.3 is 10.6 Å². The van der Waals surface area contributed by atoms with Crippen molar-refractivity contribution in [1.29, 1.82) is 0 Å². The highest BCUT2D eigenvalue weighted by Crippen LogP contribution is 2.21. The first kappa shape index (κ1) is 13.4. The van der Waals surface area contributed by atoms with Gasteiger partial charge in [-0.1, -0.05) is 18.2 Å². The molecule has 2 aromatic heterocycles. The number of hydrogen-bond acceptors (Lipinski definition) is 5. The Kier molecular flexibility index (Phi) is 3.43. The number of aromatic nitrogens is 4. The highest BCUT2D eigenvalue weighted by molar-refractivity contribution is 5.64. The molecule has 0 unspecified atom stereocenters. The van der Waals surface area contributed by atoms with Gasteiger partial charge in [-0.3, -0.25) is 4.40 Å². The minimum atomic E-state index is 0.696. The normalized spacial score (nSPS) is 11.0. The molecule has 0 atom stereocenters. The summed E-state index contributed by atoms with van der Waals surface area (Å²) in [7, 11) is 0. The van der Waals surface area contributed by atoms with Crippen molar-refractivity contribution in [3.8, 4) is 0 Å². The number of nitrogens with zero attached hydrogens (tertiary/aromatic N) is 5. The fraction of sp³-hybridized carbons (Fsp3) is 0.267. The minimum absolute atomic E-state index is 0.696. The van der Waals surface area contributed by atoms with Crippen molar-refractivity contribution in [2.24, 2.45) is 0 Å². The van der Waals surface area contributed by atoms with Crippen LogP contribution in [0, 0.1) is 6.92 Å². The summed E-state index contributed by atoms with van der Waals surface area (Å²) < 4.78 is 1.94. The van der Waals surface area contributed by atoms with Crippen molar-refractivity contribution in [3.63, 3.8) is 0 Å². The predicted octanol–water partition coefficient (Wildman–Crippen LogP) is 2.04. The van der Waals surface area contributed by atoms with E-state index in [-0.39, 0.29) is 0 Å². The van der Waals surface area contributed by atoms with Gasteiger partial charge in [-0.25, -0.2) is 4.98 Å². The Balaban J connectivity index is 2.01. The number of para-hydroxylation sites is 1. The predicted molar refractivity (Wildman–Crippen MR) is 83.1 cm³/mol. The molecule has 0 saturated carbocycles. The van der Waals surface area contributed by atoms with Gasteiger partial charge in [0.2, 0.25) is 5.65 Å². The first-order valence-corrected chi connectivity index (χ1v) is 6.95. The monoisotopic (exact) mass is 282 g/mol. The molecule has 3 rings (SSSR count). The third-order valence-electron chi connectivity index (χ3n) is 3.58. The lowest BCUT2D eigenvalue weighted by Gasteiger charge is -2.22. The third-order valence-corrected chi connectivity index (χ3v) is 3.58. The van der Waals surface area contributed by atoms with Crippen LogP contribution in [0.4, 0.5) is 11.5 Å². The molecule has 2 heterocycles. The van der Waals surface area contributed by atoms with Gasteiger partial charge in [-0.05, 0) is 25.5 Å². The summed E-state index contributed by atoms with van der Waals surface area (Å²) in [5.74, 6) is 1.67. The summed E-state index contributed by atoms with van der Waals surface area (Å²) in [4.78, 5) is 6.63. The fourth-order valence-electron chi connectivity index (χ4n) is 2.37. The van der Waals surface area contributed by atoms with Crippen LogP contribution in [0.5, 0.6) is 0 Å². The lowest BCUT2D eigenvalue weighted by atomic mass is 10.1. The van der Waals surface area contributed by atoms with E-state index in [0.717, 1.165) is 35.1 Å². The molecule has 6 heteroatoms. The molecule has 0 saturated heterocycles. The first-order chi connectivity index (χ1) is 10.2. The molecule has 0 amide bonds.